The minimum absolute atomic E-state index is 0.0373. The maximum Gasteiger partial charge on any atom is 0.274 e. The van der Waals surface area contributed by atoms with Crippen LogP contribution in [-0.2, 0) is 7.05 Å². The molecule has 1 aliphatic heterocycles. The second-order valence-corrected chi connectivity index (χ2v) is 7.13. The van der Waals surface area contributed by atoms with Gasteiger partial charge >= 0.3 is 0 Å². The number of hydrogen-bond donors (Lipinski definition) is 3. The third-order valence-electron chi connectivity index (χ3n) is 4.84. The summed E-state index contributed by atoms with van der Waals surface area (Å²) in [5, 5.41) is 9.94. The van der Waals surface area contributed by atoms with E-state index in [0.717, 1.165) is 16.7 Å². The van der Waals surface area contributed by atoms with Crippen molar-refractivity contribution in [2.75, 3.05) is 18.8 Å². The standard InChI is InChI=1S/C20H22FN7O/c1-28-11-14(7-25-28)12-3-2-4-13(5-12)17-10-24-19(22)18(27-17)20(29)26-16-6-15(21)8-23-9-16/h2-5,7,10-11,15-16,23H,6,8-9H2,1H3,(H2,22,24)(H,26,29)/t15-,16?/m0/s1. The molecule has 1 saturated heterocycles. The first-order valence-corrected chi connectivity index (χ1v) is 9.37. The van der Waals surface area contributed by atoms with Crippen LogP contribution in [0.25, 0.3) is 22.4 Å². The molecule has 3 aromatic rings. The van der Waals surface area contributed by atoms with Crippen LogP contribution in [0.15, 0.2) is 42.9 Å². The van der Waals surface area contributed by atoms with Gasteiger partial charge in [-0.15, -0.1) is 0 Å². The van der Waals surface area contributed by atoms with E-state index >= 15 is 0 Å². The third kappa shape index (κ3) is 4.24. The van der Waals surface area contributed by atoms with E-state index in [1.807, 2.05) is 37.5 Å². The van der Waals surface area contributed by atoms with E-state index in [-0.39, 0.29) is 24.0 Å². The fourth-order valence-corrected chi connectivity index (χ4v) is 3.39. The second kappa shape index (κ2) is 7.96. The van der Waals surface area contributed by atoms with Gasteiger partial charge in [-0.25, -0.2) is 14.4 Å². The Hall–Kier alpha value is -3.33. The molecule has 150 valence electrons. The first-order valence-electron chi connectivity index (χ1n) is 9.37. The van der Waals surface area contributed by atoms with Gasteiger partial charge in [0.25, 0.3) is 5.91 Å². The molecule has 0 spiro atoms. The molecule has 0 aliphatic carbocycles. The van der Waals surface area contributed by atoms with Gasteiger partial charge in [0, 0.05) is 49.9 Å². The van der Waals surface area contributed by atoms with Gasteiger partial charge in [-0.05, 0) is 11.6 Å². The van der Waals surface area contributed by atoms with E-state index in [1.54, 1.807) is 10.9 Å². The summed E-state index contributed by atoms with van der Waals surface area (Å²) in [5.41, 5.74) is 9.20. The zero-order valence-electron chi connectivity index (χ0n) is 16.0. The number of piperidine rings is 1. The third-order valence-corrected chi connectivity index (χ3v) is 4.84. The van der Waals surface area contributed by atoms with Crippen LogP contribution in [0.5, 0.6) is 0 Å². The highest BCUT2D eigenvalue weighted by Crippen LogP contribution is 2.25. The molecule has 9 heteroatoms. The molecule has 2 atom stereocenters. The SMILES string of the molecule is Cn1cc(-c2cccc(-c3cnc(N)c(C(=O)NC4CNC[C@@H](F)C4)n3)c2)cn1. The maximum absolute atomic E-state index is 13.6. The average molecular weight is 395 g/mol. The molecular formula is C20H22FN7O. The highest BCUT2D eigenvalue weighted by atomic mass is 19.1. The monoisotopic (exact) mass is 395 g/mol. The molecule has 1 fully saturated rings. The van der Waals surface area contributed by atoms with Crippen molar-refractivity contribution in [1.82, 2.24) is 30.4 Å². The molecule has 1 amide bonds. The molecule has 0 saturated carbocycles. The summed E-state index contributed by atoms with van der Waals surface area (Å²) >= 11 is 0. The summed E-state index contributed by atoms with van der Waals surface area (Å²) in [6.07, 6.45) is 4.51. The molecule has 1 aliphatic rings. The molecule has 8 nitrogen and oxygen atoms in total. The van der Waals surface area contributed by atoms with Gasteiger partial charge in [0.05, 0.1) is 18.1 Å². The topological polar surface area (TPSA) is 111 Å². The van der Waals surface area contributed by atoms with Crippen LogP contribution in [0.3, 0.4) is 0 Å². The number of alkyl halides is 1. The van der Waals surface area contributed by atoms with E-state index < -0.39 is 12.1 Å². The van der Waals surface area contributed by atoms with Crippen molar-refractivity contribution < 1.29 is 9.18 Å². The molecular weight excluding hydrogens is 373 g/mol. The lowest BCUT2D eigenvalue weighted by Gasteiger charge is -2.26. The van der Waals surface area contributed by atoms with E-state index in [2.05, 4.69) is 25.7 Å². The molecule has 1 aromatic carbocycles. The molecule has 4 rings (SSSR count). The summed E-state index contributed by atoms with van der Waals surface area (Å²) in [6.45, 7) is 0.809. The predicted octanol–water partition coefficient (Wildman–Crippen LogP) is 1.56. The molecule has 1 unspecified atom stereocenters. The first kappa shape index (κ1) is 19.0. The summed E-state index contributed by atoms with van der Waals surface area (Å²) in [4.78, 5) is 21.2. The number of nitrogens with two attached hydrogens (primary N) is 1. The normalized spacial score (nSPS) is 19.1. The fourth-order valence-electron chi connectivity index (χ4n) is 3.39. The number of amides is 1. The summed E-state index contributed by atoms with van der Waals surface area (Å²) < 4.78 is 15.3. The van der Waals surface area contributed by atoms with Crippen LogP contribution in [-0.4, -0.2) is 51.0 Å². The van der Waals surface area contributed by atoms with E-state index in [0.29, 0.717) is 18.8 Å². The van der Waals surface area contributed by atoms with Crippen LogP contribution in [0.2, 0.25) is 0 Å². The first-order chi connectivity index (χ1) is 14.0. The van der Waals surface area contributed by atoms with E-state index in [1.165, 1.54) is 6.20 Å². The van der Waals surface area contributed by atoms with Crippen molar-refractivity contribution in [3.63, 3.8) is 0 Å². The largest absolute Gasteiger partial charge is 0.382 e. The average Bonchev–Trinajstić information content (AvgIpc) is 3.15. The molecule has 0 radical (unpaired) electrons. The predicted molar refractivity (Wildman–Crippen MR) is 108 cm³/mol. The van der Waals surface area contributed by atoms with Crippen LogP contribution < -0.4 is 16.4 Å². The maximum atomic E-state index is 13.6. The number of benzene rings is 1. The summed E-state index contributed by atoms with van der Waals surface area (Å²) in [7, 11) is 1.86. The van der Waals surface area contributed by atoms with Crippen LogP contribution >= 0.6 is 0 Å². The minimum atomic E-state index is -0.987. The smallest absolute Gasteiger partial charge is 0.274 e. The molecule has 3 heterocycles. The number of nitrogen functional groups attached to an aromatic ring is 1. The van der Waals surface area contributed by atoms with Crippen LogP contribution in [0.4, 0.5) is 10.2 Å². The molecule has 2 aromatic heterocycles. The Labute approximate surface area is 167 Å². The van der Waals surface area contributed by atoms with Gasteiger partial charge in [-0.2, -0.15) is 5.10 Å². The Morgan fingerprint density at radius 1 is 1.28 bits per heavy atom. The number of hydrogen-bond acceptors (Lipinski definition) is 6. The van der Waals surface area contributed by atoms with Gasteiger partial charge in [0.15, 0.2) is 11.5 Å². The molecule has 4 N–H and O–H groups in total. The van der Waals surface area contributed by atoms with E-state index in [4.69, 9.17) is 5.73 Å². The van der Waals surface area contributed by atoms with Crippen molar-refractivity contribution in [2.45, 2.75) is 18.6 Å². The van der Waals surface area contributed by atoms with Gasteiger partial charge in [-0.3, -0.25) is 9.48 Å². The number of halogens is 1. The van der Waals surface area contributed by atoms with Crippen molar-refractivity contribution in [1.29, 1.82) is 0 Å². The Kier molecular flexibility index (Phi) is 5.22. The summed E-state index contributed by atoms with van der Waals surface area (Å²) in [5.74, 6) is -0.420. The number of aryl methyl sites for hydroxylation is 1. The number of carbonyl (C=O) groups excluding carboxylic acids is 1. The zero-order chi connectivity index (χ0) is 20.4. The van der Waals surface area contributed by atoms with Crippen LogP contribution in [0, 0.1) is 0 Å². The van der Waals surface area contributed by atoms with Gasteiger partial charge in [-0.1, -0.05) is 18.2 Å². The highest BCUT2D eigenvalue weighted by molar-refractivity contribution is 5.97. The van der Waals surface area contributed by atoms with Crippen molar-refractivity contribution in [3.05, 3.63) is 48.5 Å². The van der Waals surface area contributed by atoms with Gasteiger partial charge in [0.2, 0.25) is 0 Å². The number of anilines is 1. The Balaban J connectivity index is 1.59. The minimum Gasteiger partial charge on any atom is -0.382 e. The highest BCUT2D eigenvalue weighted by Gasteiger charge is 2.24. The van der Waals surface area contributed by atoms with Crippen molar-refractivity contribution in [3.8, 4) is 22.4 Å². The second-order valence-electron chi connectivity index (χ2n) is 7.13. The molecule has 0 bridgehead atoms. The Morgan fingerprint density at radius 2 is 2.10 bits per heavy atom. The number of nitrogens with one attached hydrogen (secondary N) is 2. The van der Waals surface area contributed by atoms with Crippen molar-refractivity contribution >= 4 is 11.7 Å². The Bertz CT molecular complexity index is 1040. The molecule has 29 heavy (non-hydrogen) atoms. The lowest BCUT2D eigenvalue weighted by molar-refractivity contribution is 0.0914. The van der Waals surface area contributed by atoms with Crippen molar-refractivity contribution in [2.24, 2.45) is 7.05 Å². The fraction of sp³-hybridized carbons (Fsp3) is 0.300. The summed E-state index contributed by atoms with van der Waals surface area (Å²) in [6, 6.07) is 7.41. The lowest BCUT2D eigenvalue weighted by Crippen LogP contribution is -2.49. The van der Waals surface area contributed by atoms with Gasteiger partial charge < -0.3 is 16.4 Å². The van der Waals surface area contributed by atoms with Crippen LogP contribution in [0.1, 0.15) is 16.9 Å². The number of carbonyl (C=O) groups is 1. The van der Waals surface area contributed by atoms with E-state index in [9.17, 15) is 9.18 Å². The zero-order valence-corrected chi connectivity index (χ0v) is 16.0. The number of aromatic nitrogens is 4. The Morgan fingerprint density at radius 3 is 2.86 bits per heavy atom. The van der Waals surface area contributed by atoms with Gasteiger partial charge in [0.1, 0.15) is 6.17 Å². The lowest BCUT2D eigenvalue weighted by atomic mass is 10.0. The number of nitrogens with zero attached hydrogens (tertiary/aromatic N) is 4. The quantitative estimate of drug-likeness (QED) is 0.618. The number of rotatable bonds is 4.